The maximum absolute atomic E-state index is 13.4. The third kappa shape index (κ3) is 5.07. The van der Waals surface area contributed by atoms with E-state index in [1.807, 2.05) is 0 Å². The highest BCUT2D eigenvalue weighted by atomic mass is 32.2. The van der Waals surface area contributed by atoms with Crippen LogP contribution in [0.5, 0.6) is 11.5 Å². The van der Waals surface area contributed by atoms with E-state index in [1.165, 1.54) is 74.9 Å². The highest BCUT2D eigenvalue weighted by Gasteiger charge is 2.29. The minimum atomic E-state index is -4.35. The number of carbonyl (C=O) groups excluding carboxylic acids is 1. The first kappa shape index (κ1) is 23.3. The van der Waals surface area contributed by atoms with E-state index in [9.17, 15) is 17.4 Å². The van der Waals surface area contributed by atoms with Gasteiger partial charge in [0, 0.05) is 5.56 Å². The lowest BCUT2D eigenvalue weighted by Crippen LogP contribution is -2.32. The van der Waals surface area contributed by atoms with Crippen molar-refractivity contribution >= 4 is 32.7 Å². The quantitative estimate of drug-likeness (QED) is 0.471. The summed E-state index contributed by atoms with van der Waals surface area (Å²) < 4.78 is 55.6. The molecule has 0 aromatic heterocycles. The van der Waals surface area contributed by atoms with Crippen LogP contribution in [0.2, 0.25) is 0 Å². The van der Waals surface area contributed by atoms with Crippen LogP contribution >= 0.6 is 0 Å². The number of rotatable bonds is 9. The fraction of sp³-hybridized carbons (Fsp3) is 0.0952. The summed E-state index contributed by atoms with van der Waals surface area (Å²) in [4.78, 5) is 11.7. The summed E-state index contributed by atoms with van der Waals surface area (Å²) in [6.45, 7) is 0. The first-order valence-electron chi connectivity index (χ1n) is 9.10. The van der Waals surface area contributed by atoms with Crippen LogP contribution in [-0.4, -0.2) is 32.8 Å². The Kier molecular flexibility index (Phi) is 7.13. The average Bonchev–Trinajstić information content (AvgIpc) is 2.82. The van der Waals surface area contributed by atoms with Crippen LogP contribution < -0.4 is 19.7 Å². The Balaban J connectivity index is 2.04. The molecular formula is C21H20N2O7S2. The van der Waals surface area contributed by atoms with Gasteiger partial charge in [0.05, 0.1) is 29.7 Å². The van der Waals surface area contributed by atoms with E-state index in [0.717, 1.165) is 0 Å². The van der Waals surface area contributed by atoms with Crippen molar-refractivity contribution in [1.82, 2.24) is 0 Å². The first-order valence-corrected chi connectivity index (χ1v) is 11.6. The molecule has 3 rings (SSSR count). The summed E-state index contributed by atoms with van der Waals surface area (Å²) in [6.07, 6.45) is 0. The van der Waals surface area contributed by atoms with E-state index in [4.69, 9.17) is 19.5 Å². The van der Waals surface area contributed by atoms with Gasteiger partial charge < -0.3 is 15.2 Å². The van der Waals surface area contributed by atoms with Gasteiger partial charge in [0.25, 0.3) is 10.0 Å². The SMILES string of the molecule is COc1ccc(S(=O)ON(c2cccc(C(N)=O)c2)S(=O)(=O)c2ccc(OC)cc2)cc1. The second-order valence-electron chi connectivity index (χ2n) is 6.31. The number of anilines is 1. The van der Waals surface area contributed by atoms with Gasteiger partial charge in [-0.2, -0.15) is 12.7 Å². The molecule has 0 aliphatic carbocycles. The van der Waals surface area contributed by atoms with E-state index in [0.29, 0.717) is 16.0 Å². The Morgan fingerprint density at radius 1 is 0.906 bits per heavy atom. The van der Waals surface area contributed by atoms with Crippen molar-refractivity contribution in [3.8, 4) is 11.5 Å². The zero-order chi connectivity index (χ0) is 23.3. The van der Waals surface area contributed by atoms with E-state index >= 15 is 0 Å². The molecule has 1 amide bonds. The van der Waals surface area contributed by atoms with Gasteiger partial charge in [-0.1, -0.05) is 6.07 Å². The molecule has 0 aliphatic rings. The second-order valence-corrected chi connectivity index (χ2v) is 9.15. The van der Waals surface area contributed by atoms with Gasteiger partial charge in [0.1, 0.15) is 11.5 Å². The molecule has 0 fully saturated rings. The lowest BCUT2D eigenvalue weighted by molar-refractivity contribution is 0.1000. The van der Waals surface area contributed by atoms with Crippen LogP contribution in [-0.2, 0) is 25.4 Å². The highest BCUT2D eigenvalue weighted by molar-refractivity contribution is 7.93. The van der Waals surface area contributed by atoms with E-state index in [2.05, 4.69) is 0 Å². The number of carbonyl (C=O) groups is 1. The van der Waals surface area contributed by atoms with Crippen molar-refractivity contribution < 1.29 is 31.2 Å². The third-order valence-corrected chi connectivity index (χ3v) is 6.93. The van der Waals surface area contributed by atoms with Crippen LogP contribution in [0.15, 0.2) is 82.6 Å². The normalized spacial score (nSPS) is 12.1. The standard InChI is InChI=1S/C21H20N2O7S2/c1-28-17-6-10-19(11-7-17)31(25)30-23(16-5-3-4-15(14-16)21(22)24)32(26,27)20-12-8-18(29-2)9-13-20/h3-14H,1-2H3,(H2,22,24). The van der Waals surface area contributed by atoms with E-state index in [1.54, 1.807) is 12.1 Å². The van der Waals surface area contributed by atoms with Crippen LogP contribution in [0.25, 0.3) is 0 Å². The van der Waals surface area contributed by atoms with Crippen molar-refractivity contribution in [1.29, 1.82) is 0 Å². The number of sulfonamides is 1. The van der Waals surface area contributed by atoms with Gasteiger partial charge in [-0.3, -0.25) is 4.79 Å². The number of primary amides is 1. The second kappa shape index (κ2) is 9.81. The lowest BCUT2D eigenvalue weighted by atomic mass is 10.2. The fourth-order valence-electron chi connectivity index (χ4n) is 2.63. The minimum absolute atomic E-state index is 0.0521. The van der Waals surface area contributed by atoms with Gasteiger partial charge in [-0.15, -0.1) is 4.47 Å². The van der Waals surface area contributed by atoms with Crippen molar-refractivity contribution in [3.63, 3.8) is 0 Å². The predicted octanol–water partition coefficient (Wildman–Crippen LogP) is 2.65. The maximum Gasteiger partial charge on any atom is 0.287 e. The van der Waals surface area contributed by atoms with Crippen molar-refractivity contribution in [2.24, 2.45) is 5.73 Å². The third-order valence-electron chi connectivity index (χ3n) is 4.30. The van der Waals surface area contributed by atoms with Gasteiger partial charge >= 0.3 is 0 Å². The molecule has 3 aromatic carbocycles. The number of hydrogen-bond donors (Lipinski definition) is 1. The summed E-state index contributed by atoms with van der Waals surface area (Å²) in [5, 5.41) is 0. The molecule has 0 saturated carbocycles. The molecule has 3 aromatic rings. The number of benzene rings is 3. The molecule has 168 valence electrons. The molecule has 9 nitrogen and oxygen atoms in total. The summed E-state index contributed by atoms with van der Waals surface area (Å²) in [5.41, 5.74) is 5.32. The molecular weight excluding hydrogens is 456 g/mol. The molecule has 0 spiro atoms. The topological polar surface area (TPSA) is 125 Å². The number of ether oxygens (including phenoxy) is 2. The number of nitrogens with two attached hydrogens (primary N) is 1. The van der Waals surface area contributed by atoms with Crippen LogP contribution in [0.1, 0.15) is 10.4 Å². The molecule has 0 aliphatic heterocycles. The van der Waals surface area contributed by atoms with E-state index in [-0.39, 0.29) is 21.0 Å². The largest absolute Gasteiger partial charge is 0.497 e. The monoisotopic (exact) mass is 476 g/mol. The lowest BCUT2D eigenvalue weighted by Gasteiger charge is -2.22. The molecule has 0 heterocycles. The molecule has 11 heteroatoms. The summed E-state index contributed by atoms with van der Waals surface area (Å²) in [5.74, 6) is 0.224. The average molecular weight is 477 g/mol. The summed E-state index contributed by atoms with van der Waals surface area (Å²) in [6, 6.07) is 17.1. The van der Waals surface area contributed by atoms with Crippen LogP contribution in [0.3, 0.4) is 0 Å². The summed E-state index contributed by atoms with van der Waals surface area (Å²) in [7, 11) is -1.42. The minimum Gasteiger partial charge on any atom is -0.497 e. The van der Waals surface area contributed by atoms with Gasteiger partial charge in [0.15, 0.2) is 0 Å². The van der Waals surface area contributed by atoms with E-state index < -0.39 is 27.0 Å². The Hall–Kier alpha value is -3.41. The van der Waals surface area contributed by atoms with Crippen molar-refractivity contribution in [2.75, 3.05) is 18.7 Å². The number of amides is 1. The first-order chi connectivity index (χ1) is 15.3. The Bertz CT molecular complexity index is 1230. The Labute approximate surface area is 188 Å². The van der Waals surface area contributed by atoms with Gasteiger partial charge in [0.2, 0.25) is 17.0 Å². The number of methoxy groups -OCH3 is 2. The smallest absolute Gasteiger partial charge is 0.287 e. The molecule has 1 unspecified atom stereocenters. The zero-order valence-corrected chi connectivity index (χ0v) is 18.8. The molecule has 0 radical (unpaired) electrons. The molecule has 1 atom stereocenters. The number of nitrogens with zero attached hydrogens (tertiary/aromatic N) is 1. The zero-order valence-electron chi connectivity index (χ0n) is 17.1. The molecule has 2 N–H and O–H groups in total. The van der Waals surface area contributed by atoms with Gasteiger partial charge in [-0.05, 0) is 66.7 Å². The molecule has 0 saturated heterocycles. The number of hydrogen-bond acceptors (Lipinski definition) is 7. The van der Waals surface area contributed by atoms with Crippen molar-refractivity contribution in [3.05, 3.63) is 78.4 Å². The molecule has 0 bridgehead atoms. The van der Waals surface area contributed by atoms with Crippen molar-refractivity contribution in [2.45, 2.75) is 9.79 Å². The molecule has 32 heavy (non-hydrogen) atoms. The van der Waals surface area contributed by atoms with Crippen LogP contribution in [0.4, 0.5) is 5.69 Å². The van der Waals surface area contributed by atoms with Crippen LogP contribution in [0, 0.1) is 0 Å². The predicted molar refractivity (Wildman–Crippen MR) is 118 cm³/mol. The maximum atomic E-state index is 13.4. The summed E-state index contributed by atoms with van der Waals surface area (Å²) >= 11 is -2.22. The van der Waals surface area contributed by atoms with Gasteiger partial charge in [-0.25, -0.2) is 4.21 Å². The fourth-order valence-corrected chi connectivity index (χ4v) is 4.83. The Morgan fingerprint density at radius 3 is 2.00 bits per heavy atom. The Morgan fingerprint density at radius 2 is 1.47 bits per heavy atom. The highest BCUT2D eigenvalue weighted by Crippen LogP contribution is 2.28.